The zero-order valence-electron chi connectivity index (χ0n) is 7.92. The fourth-order valence-electron chi connectivity index (χ4n) is 1.17. The molecule has 0 aromatic heterocycles. The van der Waals surface area contributed by atoms with Gasteiger partial charge in [-0.15, -0.1) is 0 Å². The summed E-state index contributed by atoms with van der Waals surface area (Å²) in [5.74, 6) is 0.735. The molecule has 84 valence electrons. The Morgan fingerprint density at radius 2 is 2.07 bits per heavy atom. The van der Waals surface area contributed by atoms with E-state index in [1.54, 1.807) is 6.92 Å². The van der Waals surface area contributed by atoms with Crippen LogP contribution in [-0.4, -0.2) is 16.7 Å². The van der Waals surface area contributed by atoms with Gasteiger partial charge in [-0.1, -0.05) is 19.9 Å². The zero-order chi connectivity index (χ0) is 11.4. The van der Waals surface area contributed by atoms with Crippen molar-refractivity contribution < 1.29 is 22.6 Å². The van der Waals surface area contributed by atoms with Crippen LogP contribution in [0.1, 0.15) is 26.2 Å². The van der Waals surface area contributed by atoms with E-state index < -0.39 is 25.6 Å². The van der Waals surface area contributed by atoms with Gasteiger partial charge in [0.05, 0.1) is 6.42 Å². The Kier molecular flexibility index (Phi) is 4.89. The van der Waals surface area contributed by atoms with Crippen LogP contribution in [-0.2, 0) is 4.57 Å². The lowest BCUT2D eigenvalue weighted by Gasteiger charge is -2.21. The van der Waals surface area contributed by atoms with Crippen molar-refractivity contribution in [2.45, 2.75) is 38.0 Å². The van der Waals surface area contributed by atoms with Crippen LogP contribution in [0.15, 0.2) is 12.4 Å². The van der Waals surface area contributed by atoms with Crippen LogP contribution in [0.25, 0.3) is 0 Å². The van der Waals surface area contributed by atoms with E-state index in [0.717, 1.165) is 5.82 Å². The molecular formula is C8H14F3O2P. The Labute approximate surface area is 81.3 Å². The first-order valence-corrected chi connectivity index (χ1v) is 6.05. The SMILES string of the molecule is C=CP(=O)(O)C(CCC)CC(F)(F)F. The Morgan fingerprint density at radius 1 is 1.57 bits per heavy atom. The topological polar surface area (TPSA) is 37.3 Å². The maximum absolute atomic E-state index is 12.0. The summed E-state index contributed by atoms with van der Waals surface area (Å²) >= 11 is 0. The highest BCUT2D eigenvalue weighted by atomic mass is 31.2. The maximum atomic E-state index is 12.0. The second-order valence-corrected chi connectivity index (χ2v) is 5.56. The molecule has 0 aliphatic heterocycles. The van der Waals surface area contributed by atoms with Gasteiger partial charge in [-0.3, -0.25) is 4.57 Å². The van der Waals surface area contributed by atoms with E-state index in [-0.39, 0.29) is 6.42 Å². The number of halogens is 3. The quantitative estimate of drug-likeness (QED) is 0.733. The van der Waals surface area contributed by atoms with Gasteiger partial charge < -0.3 is 4.89 Å². The molecule has 0 saturated heterocycles. The van der Waals surface area contributed by atoms with Gasteiger partial charge in [0.2, 0.25) is 7.37 Å². The summed E-state index contributed by atoms with van der Waals surface area (Å²) in [7, 11) is -3.85. The molecule has 0 saturated carbocycles. The lowest BCUT2D eigenvalue weighted by Crippen LogP contribution is -2.19. The molecule has 0 radical (unpaired) electrons. The van der Waals surface area contributed by atoms with Gasteiger partial charge in [-0.2, -0.15) is 13.2 Å². The van der Waals surface area contributed by atoms with Crippen molar-refractivity contribution in [1.82, 2.24) is 0 Å². The molecule has 14 heavy (non-hydrogen) atoms. The predicted molar refractivity (Wildman–Crippen MR) is 49.4 cm³/mol. The molecule has 0 aromatic rings. The lowest BCUT2D eigenvalue weighted by molar-refractivity contribution is -0.135. The molecule has 0 aromatic carbocycles. The maximum Gasteiger partial charge on any atom is 0.389 e. The smallest absolute Gasteiger partial charge is 0.341 e. The monoisotopic (exact) mass is 230 g/mol. The van der Waals surface area contributed by atoms with E-state index in [1.807, 2.05) is 0 Å². The summed E-state index contributed by atoms with van der Waals surface area (Å²) < 4.78 is 47.4. The normalized spacial score (nSPS) is 18.6. The van der Waals surface area contributed by atoms with Crippen LogP contribution in [0.2, 0.25) is 0 Å². The zero-order valence-corrected chi connectivity index (χ0v) is 8.81. The van der Waals surface area contributed by atoms with Crippen molar-refractivity contribution in [1.29, 1.82) is 0 Å². The first-order chi connectivity index (χ1) is 6.23. The minimum atomic E-state index is -4.40. The van der Waals surface area contributed by atoms with Crippen molar-refractivity contribution in [2.75, 3.05) is 0 Å². The first kappa shape index (κ1) is 13.7. The van der Waals surface area contributed by atoms with Crippen LogP contribution in [0.3, 0.4) is 0 Å². The van der Waals surface area contributed by atoms with Gasteiger partial charge in [0.1, 0.15) is 0 Å². The molecule has 0 bridgehead atoms. The highest BCUT2D eigenvalue weighted by Crippen LogP contribution is 2.52. The van der Waals surface area contributed by atoms with Gasteiger partial charge in [0.25, 0.3) is 0 Å². The molecule has 6 heteroatoms. The average molecular weight is 230 g/mol. The lowest BCUT2D eigenvalue weighted by atomic mass is 10.2. The fourth-order valence-corrected chi connectivity index (χ4v) is 2.56. The van der Waals surface area contributed by atoms with Crippen LogP contribution in [0.5, 0.6) is 0 Å². The van der Waals surface area contributed by atoms with Gasteiger partial charge in [-0.05, 0) is 12.2 Å². The summed E-state index contributed by atoms with van der Waals surface area (Å²) in [6.45, 7) is 4.76. The Morgan fingerprint density at radius 3 is 2.36 bits per heavy atom. The van der Waals surface area contributed by atoms with Gasteiger partial charge >= 0.3 is 6.18 Å². The van der Waals surface area contributed by atoms with Gasteiger partial charge in [0, 0.05) is 5.66 Å². The third-order valence-electron chi connectivity index (χ3n) is 1.87. The molecule has 2 unspecified atom stereocenters. The molecule has 0 heterocycles. The largest absolute Gasteiger partial charge is 0.389 e. The van der Waals surface area contributed by atoms with E-state index in [4.69, 9.17) is 0 Å². The summed E-state index contributed by atoms with van der Waals surface area (Å²) in [4.78, 5) is 9.21. The predicted octanol–water partition coefficient (Wildman–Crippen LogP) is 3.52. The van der Waals surface area contributed by atoms with Crippen LogP contribution < -0.4 is 0 Å². The first-order valence-electron chi connectivity index (χ1n) is 4.25. The molecule has 0 spiro atoms. The van der Waals surface area contributed by atoms with Crippen molar-refractivity contribution in [3.8, 4) is 0 Å². The second kappa shape index (κ2) is 4.99. The molecule has 0 rings (SSSR count). The van der Waals surface area contributed by atoms with Crippen molar-refractivity contribution >= 4 is 7.37 Å². The van der Waals surface area contributed by atoms with Gasteiger partial charge in [0.15, 0.2) is 0 Å². The Hall–Kier alpha value is -0.280. The number of hydrogen-bond donors (Lipinski definition) is 1. The molecule has 2 atom stereocenters. The van der Waals surface area contributed by atoms with Crippen LogP contribution in [0, 0.1) is 0 Å². The number of alkyl halides is 3. The minimum absolute atomic E-state index is 0.0826. The standard InChI is InChI=1S/C8H14F3O2P/c1-3-5-7(6-8(9,10)11)14(12,13)4-2/h4,7H,2-3,5-6H2,1H3,(H,12,13). The van der Waals surface area contributed by atoms with E-state index in [0.29, 0.717) is 6.42 Å². The van der Waals surface area contributed by atoms with Crippen LogP contribution >= 0.6 is 7.37 Å². The van der Waals surface area contributed by atoms with Crippen LogP contribution in [0.4, 0.5) is 13.2 Å². The second-order valence-electron chi connectivity index (χ2n) is 3.12. The van der Waals surface area contributed by atoms with E-state index >= 15 is 0 Å². The molecule has 0 aliphatic rings. The van der Waals surface area contributed by atoms with Crippen molar-refractivity contribution in [2.24, 2.45) is 0 Å². The minimum Gasteiger partial charge on any atom is -0.341 e. The summed E-state index contributed by atoms with van der Waals surface area (Å²) in [5.41, 5.74) is -1.25. The molecule has 0 aliphatic carbocycles. The molecule has 2 nitrogen and oxygen atoms in total. The Balaban J connectivity index is 4.61. The van der Waals surface area contributed by atoms with Gasteiger partial charge in [-0.25, -0.2) is 0 Å². The third-order valence-corrected chi connectivity index (χ3v) is 3.88. The number of rotatable bonds is 5. The van der Waals surface area contributed by atoms with Crippen molar-refractivity contribution in [3.05, 3.63) is 12.4 Å². The molecule has 0 amide bonds. The summed E-state index contributed by atoms with van der Waals surface area (Å²) in [5, 5.41) is 0. The van der Waals surface area contributed by atoms with E-state index in [9.17, 15) is 22.6 Å². The highest BCUT2D eigenvalue weighted by Gasteiger charge is 2.38. The fraction of sp³-hybridized carbons (Fsp3) is 0.750. The molecule has 0 fully saturated rings. The summed E-state index contributed by atoms with van der Waals surface area (Å²) in [6.07, 6.45) is -5.10. The average Bonchev–Trinajstić information content (AvgIpc) is 2.01. The Bertz CT molecular complexity index is 237. The molecular weight excluding hydrogens is 216 g/mol. The number of hydrogen-bond acceptors (Lipinski definition) is 1. The van der Waals surface area contributed by atoms with E-state index in [1.165, 1.54) is 0 Å². The molecule has 1 N–H and O–H groups in total. The van der Waals surface area contributed by atoms with Crippen molar-refractivity contribution in [3.63, 3.8) is 0 Å². The van der Waals surface area contributed by atoms with E-state index in [2.05, 4.69) is 6.58 Å². The third kappa shape index (κ3) is 4.82. The highest BCUT2D eigenvalue weighted by molar-refractivity contribution is 7.61. The summed E-state index contributed by atoms with van der Waals surface area (Å²) in [6, 6.07) is 0.